The Hall–Kier alpha value is -7.42. The van der Waals surface area contributed by atoms with E-state index in [0.717, 1.165) is 92.4 Å². The molecule has 5 aromatic rings. The van der Waals surface area contributed by atoms with Crippen LogP contribution < -0.4 is 20.9 Å². The fourth-order valence-electron chi connectivity index (χ4n) is 14.0. The number of nitrogens with zero attached hydrogens (tertiary/aromatic N) is 9. The molecule has 1 atom stereocenters. The van der Waals surface area contributed by atoms with Gasteiger partial charge in [-0.25, -0.2) is 14.4 Å². The van der Waals surface area contributed by atoms with Gasteiger partial charge in [-0.2, -0.15) is 0 Å². The Morgan fingerprint density at radius 1 is 0.831 bits per heavy atom. The Labute approximate surface area is 483 Å². The van der Waals surface area contributed by atoms with Gasteiger partial charge in [0.25, 0.3) is 17.7 Å². The van der Waals surface area contributed by atoms with Crippen molar-refractivity contribution in [3.63, 3.8) is 0 Å². The van der Waals surface area contributed by atoms with Crippen LogP contribution >= 0.6 is 0 Å². The molecule has 12 rings (SSSR count). The second-order valence-corrected chi connectivity index (χ2v) is 24.6. The average molecular weight is 1130 g/mol. The lowest BCUT2D eigenvalue weighted by molar-refractivity contribution is -0.137. The fraction of sp³-hybridized carbons (Fsp3) is 0.508. The number of pyridine rings is 1. The number of carbonyl (C=O) groups excluding carboxylic acids is 7. The molecular weight excluding hydrogens is 1060 g/mol. The van der Waals surface area contributed by atoms with E-state index < -0.39 is 40.9 Å². The summed E-state index contributed by atoms with van der Waals surface area (Å²) in [6.07, 6.45) is 9.75. The van der Waals surface area contributed by atoms with Crippen LogP contribution in [0.15, 0.2) is 60.9 Å². The molecule has 5 fully saturated rings. The third-order valence-electron chi connectivity index (χ3n) is 18.7. The Balaban J connectivity index is 0.724. The number of fused-ring (bicyclic) bond motifs is 4. The lowest BCUT2D eigenvalue weighted by Gasteiger charge is -2.48. The minimum atomic E-state index is -1.01. The molecule has 1 spiro atoms. The molecule has 8 heterocycles. The van der Waals surface area contributed by atoms with Crippen molar-refractivity contribution >= 4 is 69.6 Å². The molecule has 7 aliphatic rings. The van der Waals surface area contributed by atoms with Crippen LogP contribution in [0.4, 0.5) is 21.6 Å². The summed E-state index contributed by atoms with van der Waals surface area (Å²) in [5.74, 6) is -2.29. The third kappa shape index (κ3) is 10.5. The van der Waals surface area contributed by atoms with Crippen LogP contribution in [0.1, 0.15) is 146 Å². The molecule has 3 N–H and O–H groups in total. The summed E-state index contributed by atoms with van der Waals surface area (Å²) in [5, 5.41) is 8.46. The van der Waals surface area contributed by atoms with E-state index in [1.54, 1.807) is 25.4 Å². The van der Waals surface area contributed by atoms with E-state index in [4.69, 9.17) is 9.97 Å². The van der Waals surface area contributed by atoms with Gasteiger partial charge >= 0.3 is 0 Å². The topological polar surface area (TPSA) is 206 Å². The Morgan fingerprint density at radius 2 is 1.58 bits per heavy atom. The highest BCUT2D eigenvalue weighted by atomic mass is 19.1. The van der Waals surface area contributed by atoms with Gasteiger partial charge in [-0.3, -0.25) is 48.7 Å². The van der Waals surface area contributed by atoms with Gasteiger partial charge in [-0.1, -0.05) is 30.7 Å². The number of hydrogen-bond donors (Lipinski definition) is 3. The van der Waals surface area contributed by atoms with Gasteiger partial charge in [0, 0.05) is 86.7 Å². The fourth-order valence-corrected chi connectivity index (χ4v) is 14.0. The van der Waals surface area contributed by atoms with Crippen LogP contribution in [0.25, 0.3) is 22.3 Å². The molecule has 0 bridgehead atoms. The lowest BCUT2D eigenvalue weighted by atomic mass is 9.73. The third-order valence-corrected chi connectivity index (χ3v) is 18.7. The molecule has 2 aromatic heterocycles. The normalized spacial score (nSPS) is 22.2. The van der Waals surface area contributed by atoms with E-state index in [9.17, 15) is 28.8 Å². The number of benzene rings is 3. The van der Waals surface area contributed by atoms with Crippen molar-refractivity contribution in [1.29, 1.82) is 0 Å². The smallest absolute Gasteiger partial charge is 0.262 e. The number of piperidine rings is 3. The number of nitrogens with one attached hydrogen (secondary N) is 3. The van der Waals surface area contributed by atoms with Crippen molar-refractivity contribution in [3.05, 3.63) is 100 Å². The maximum Gasteiger partial charge on any atom is 0.262 e. The van der Waals surface area contributed by atoms with Crippen molar-refractivity contribution in [2.75, 3.05) is 75.7 Å². The van der Waals surface area contributed by atoms with Gasteiger partial charge in [-0.05, 0) is 159 Å². The molecule has 1 saturated carbocycles. The number of carbonyl (C=O) groups is 7. The SMILES string of the molecule is Cc1cc(F)c(Nc2nc(-c3ccc4c(c3)N([C@H]3C[C@@H](N5CCCCC5)C3)C(=O)C43CCN(C(=O)CN4CCN(CCCc5cccc6c5C(=O)N(C5CCC(=O)NC5=O)C6=O)CC4)CC3)cc3ncn(C(C)C)c23)cc1C(=O)NC(C)C. The van der Waals surface area contributed by atoms with Crippen LogP contribution in [0, 0.1) is 12.7 Å². The number of imide groups is 2. The summed E-state index contributed by atoms with van der Waals surface area (Å²) in [6, 6.07) is 15.7. The van der Waals surface area contributed by atoms with Crippen LogP contribution in [-0.2, 0) is 31.0 Å². The van der Waals surface area contributed by atoms with Crippen molar-refractivity contribution in [1.82, 2.24) is 49.7 Å². The average Bonchev–Trinajstić information content (AvgIpc) is 3.47. The molecule has 1 aliphatic carbocycles. The first-order valence-electron chi connectivity index (χ1n) is 30.0. The number of imidazole rings is 1. The number of likely N-dealkylation sites (tertiary alicyclic amines) is 2. The van der Waals surface area contributed by atoms with Crippen molar-refractivity contribution in [2.24, 2.45) is 0 Å². The van der Waals surface area contributed by atoms with E-state index in [-0.39, 0.29) is 54.4 Å². The number of anilines is 3. The highest BCUT2D eigenvalue weighted by molar-refractivity contribution is 6.24. The number of aryl methyl sites for hydroxylation is 2. The van der Waals surface area contributed by atoms with Crippen LogP contribution in [-0.4, -0.2) is 170 Å². The van der Waals surface area contributed by atoms with Gasteiger partial charge in [0.05, 0.1) is 46.3 Å². The Bertz CT molecular complexity index is 3440. The first kappa shape index (κ1) is 56.1. The molecule has 3 aromatic carbocycles. The highest BCUT2D eigenvalue weighted by Crippen LogP contribution is 2.52. The molecule has 1 unspecified atom stereocenters. The zero-order valence-corrected chi connectivity index (χ0v) is 48.3. The number of halogens is 1. The van der Waals surface area contributed by atoms with Gasteiger partial charge in [0.15, 0.2) is 5.82 Å². The zero-order chi connectivity index (χ0) is 58.0. The predicted molar refractivity (Wildman–Crippen MR) is 312 cm³/mol. The van der Waals surface area contributed by atoms with E-state index in [0.29, 0.717) is 89.7 Å². The molecule has 6 aliphatic heterocycles. The van der Waals surface area contributed by atoms with E-state index >= 15 is 9.18 Å². The molecule has 4 saturated heterocycles. The lowest BCUT2D eigenvalue weighted by Crippen LogP contribution is -2.58. The molecule has 19 nitrogen and oxygen atoms in total. The predicted octanol–water partition coefficient (Wildman–Crippen LogP) is 6.88. The van der Waals surface area contributed by atoms with E-state index in [1.165, 1.54) is 31.4 Å². The number of hydrogen-bond acceptors (Lipinski definition) is 13. The van der Waals surface area contributed by atoms with Crippen LogP contribution in [0.5, 0.6) is 0 Å². The second-order valence-electron chi connectivity index (χ2n) is 24.6. The van der Waals surface area contributed by atoms with Crippen LogP contribution in [0.3, 0.4) is 0 Å². The summed E-state index contributed by atoms with van der Waals surface area (Å²) < 4.78 is 17.9. The molecule has 83 heavy (non-hydrogen) atoms. The summed E-state index contributed by atoms with van der Waals surface area (Å²) in [6.45, 7) is 16.8. The minimum absolute atomic E-state index is 0.0101. The zero-order valence-electron chi connectivity index (χ0n) is 48.3. The largest absolute Gasteiger partial charge is 0.350 e. The molecule has 436 valence electrons. The maximum atomic E-state index is 15.9. The first-order valence-corrected chi connectivity index (χ1v) is 30.0. The highest BCUT2D eigenvalue weighted by Gasteiger charge is 2.56. The quantitative estimate of drug-likeness (QED) is 0.0916. The van der Waals surface area contributed by atoms with Crippen LogP contribution in [0.2, 0.25) is 0 Å². The standard InChI is InChI=1S/C63H75FN12O7/c1-37(2)66-58(79)45-33-49(47(64)29-39(45)5)68-57-56-50(65-36-74(56)38(3)4)34-48(67-57)41-14-15-46-52(30-41)75(43-31-42(32-43)72-21-7-6-8-22-72)62(83)63(46)18-23-73(24-19-63)54(78)35-71-27-25-70(26-28-71)20-10-12-40-11-9-13-44-55(40)61(82)76(60(44)81)51-16-17-53(77)69-59(51)80/h9,11,13-15,29-30,33-34,36-38,42-43,51H,6-8,10,12,16-28,31-32,35H2,1-5H3,(H,66,79)(H,67,68)(H,69,77,80)/t42-,43+,51?. The summed E-state index contributed by atoms with van der Waals surface area (Å²) >= 11 is 0. The van der Waals surface area contributed by atoms with E-state index in [2.05, 4.69) is 47.7 Å². The molecule has 20 heteroatoms. The van der Waals surface area contributed by atoms with Crippen molar-refractivity contribution < 1.29 is 38.0 Å². The summed E-state index contributed by atoms with van der Waals surface area (Å²) in [5.41, 5.74) is 6.21. The molecule has 7 amide bonds. The van der Waals surface area contributed by atoms with Gasteiger partial charge in [-0.15, -0.1) is 0 Å². The summed E-state index contributed by atoms with van der Waals surface area (Å²) in [4.78, 5) is 116. The Morgan fingerprint density at radius 3 is 2.30 bits per heavy atom. The van der Waals surface area contributed by atoms with E-state index in [1.807, 2.05) is 55.4 Å². The number of aromatic nitrogens is 3. The second kappa shape index (κ2) is 22.6. The van der Waals surface area contributed by atoms with Crippen molar-refractivity contribution in [2.45, 2.75) is 141 Å². The van der Waals surface area contributed by atoms with Gasteiger partial charge in [0.1, 0.15) is 17.4 Å². The Kier molecular flexibility index (Phi) is 15.3. The first-order chi connectivity index (χ1) is 40.0. The number of piperazine rings is 1. The monoisotopic (exact) mass is 1130 g/mol. The minimum Gasteiger partial charge on any atom is -0.350 e. The maximum absolute atomic E-state index is 15.9. The summed E-state index contributed by atoms with van der Waals surface area (Å²) in [7, 11) is 0. The molecule has 0 radical (unpaired) electrons. The molecular formula is C63H75FN12O7. The van der Waals surface area contributed by atoms with Crippen molar-refractivity contribution in [3.8, 4) is 11.3 Å². The van der Waals surface area contributed by atoms with Gasteiger partial charge < -0.3 is 34.8 Å². The number of rotatable bonds is 15. The van der Waals surface area contributed by atoms with Gasteiger partial charge in [0.2, 0.25) is 23.6 Å². The number of amides is 7.